The van der Waals surface area contributed by atoms with Crippen LogP contribution in [0.1, 0.15) is 76.9 Å². The van der Waals surface area contributed by atoms with Gasteiger partial charge in [-0.15, -0.1) is 10.2 Å². The van der Waals surface area contributed by atoms with Gasteiger partial charge in [0.2, 0.25) is 0 Å². The summed E-state index contributed by atoms with van der Waals surface area (Å²) in [7, 11) is 2.00. The molecule has 2 saturated carbocycles. The number of hydrogen-bond acceptors (Lipinski definition) is 3. The van der Waals surface area contributed by atoms with Crippen LogP contribution in [-0.2, 0) is 13.6 Å². The highest BCUT2D eigenvalue weighted by Gasteiger charge is 2.27. The molecule has 1 aromatic heterocycles. The maximum Gasteiger partial charge on any atom is 0.192 e. The summed E-state index contributed by atoms with van der Waals surface area (Å²) in [5.74, 6) is 2.80. The molecule has 0 amide bonds. The third kappa shape index (κ3) is 4.95. The van der Waals surface area contributed by atoms with Gasteiger partial charge in [-0.05, 0) is 50.9 Å². The second-order valence-corrected chi connectivity index (χ2v) is 8.60. The molecule has 0 radical (unpaired) electrons. The molecule has 3 rings (SSSR count). The van der Waals surface area contributed by atoms with Crippen molar-refractivity contribution in [3.05, 3.63) is 11.6 Å². The van der Waals surface area contributed by atoms with E-state index in [-0.39, 0.29) is 0 Å². The van der Waals surface area contributed by atoms with Crippen LogP contribution in [0.4, 0.5) is 0 Å². The highest BCUT2D eigenvalue weighted by Crippen LogP contribution is 2.35. The molecule has 6 heteroatoms. The summed E-state index contributed by atoms with van der Waals surface area (Å²) < 4.78 is 2.01. The summed E-state index contributed by atoms with van der Waals surface area (Å²) in [6, 6.07) is 1.09. The molecule has 6 nitrogen and oxygen atoms in total. The van der Waals surface area contributed by atoms with Gasteiger partial charge in [-0.3, -0.25) is 0 Å². The van der Waals surface area contributed by atoms with E-state index in [2.05, 4.69) is 34.7 Å². The molecule has 2 aliphatic carbocycles. The second-order valence-electron chi connectivity index (χ2n) is 8.60. The first-order chi connectivity index (χ1) is 11.9. The summed E-state index contributed by atoms with van der Waals surface area (Å²) >= 11 is 0. The molecule has 0 aromatic carbocycles. The van der Waals surface area contributed by atoms with Gasteiger partial charge in [0.1, 0.15) is 12.4 Å². The quantitative estimate of drug-likeness (QED) is 0.649. The molecule has 1 aromatic rings. The summed E-state index contributed by atoms with van der Waals surface area (Å²) in [6.45, 7) is 7.30. The third-order valence-electron chi connectivity index (χ3n) is 5.94. The van der Waals surface area contributed by atoms with E-state index in [1.165, 1.54) is 51.4 Å². The molecule has 0 saturated heterocycles. The number of aryl methyl sites for hydroxylation is 1. The maximum atomic E-state index is 4.83. The largest absolute Gasteiger partial charge is 0.354 e. The molecule has 0 bridgehead atoms. The molecule has 2 aliphatic rings. The molecule has 0 spiro atoms. The molecule has 0 aliphatic heterocycles. The summed E-state index contributed by atoms with van der Waals surface area (Å²) in [5, 5.41) is 15.7. The summed E-state index contributed by atoms with van der Waals surface area (Å²) in [4.78, 5) is 4.83. The van der Waals surface area contributed by atoms with Crippen molar-refractivity contribution in [3.63, 3.8) is 0 Å². The van der Waals surface area contributed by atoms with Gasteiger partial charge < -0.3 is 15.2 Å². The molecule has 140 valence electrons. The lowest BCUT2D eigenvalue weighted by Gasteiger charge is -2.35. The molecule has 2 N–H and O–H groups in total. The van der Waals surface area contributed by atoms with Crippen molar-refractivity contribution in [2.75, 3.05) is 0 Å². The Bertz CT molecular complexity index is 587. The molecular weight excluding hydrogens is 312 g/mol. The van der Waals surface area contributed by atoms with Gasteiger partial charge in [0.05, 0.1) is 0 Å². The fourth-order valence-corrected chi connectivity index (χ4v) is 3.87. The standard InChI is InChI=1S/C19H34N6/c1-14-23-24-17(25(14)4)13-20-18(21-15-7-5-6-8-15)22-16-9-11-19(2,3)12-10-16/h15-16H,5-13H2,1-4H3,(H2,20,21,22). The number of nitrogens with zero attached hydrogens (tertiary/aromatic N) is 4. The van der Waals surface area contributed by atoms with Gasteiger partial charge in [0, 0.05) is 19.1 Å². The Balaban J connectivity index is 1.64. The van der Waals surface area contributed by atoms with Gasteiger partial charge in [0.25, 0.3) is 0 Å². The lowest BCUT2D eigenvalue weighted by molar-refractivity contribution is 0.216. The molecule has 0 atom stereocenters. The number of guanidine groups is 1. The highest BCUT2D eigenvalue weighted by atomic mass is 15.3. The predicted octanol–water partition coefficient (Wildman–Crippen LogP) is 3.07. The van der Waals surface area contributed by atoms with E-state index < -0.39 is 0 Å². The number of rotatable bonds is 4. The molecule has 0 unspecified atom stereocenters. The minimum Gasteiger partial charge on any atom is -0.354 e. The van der Waals surface area contributed by atoms with Gasteiger partial charge in [-0.2, -0.15) is 0 Å². The average Bonchev–Trinajstić information content (AvgIpc) is 3.19. The van der Waals surface area contributed by atoms with Crippen LogP contribution in [0, 0.1) is 12.3 Å². The molecule has 2 fully saturated rings. The van der Waals surface area contributed by atoms with Crippen LogP contribution in [0.2, 0.25) is 0 Å². The Kier molecular flexibility index (Phi) is 5.64. The first-order valence-electron chi connectivity index (χ1n) is 9.85. The lowest BCUT2D eigenvalue weighted by Crippen LogP contribution is -2.48. The van der Waals surface area contributed by atoms with Crippen molar-refractivity contribution >= 4 is 5.96 Å². The third-order valence-corrected chi connectivity index (χ3v) is 5.94. The van der Waals surface area contributed by atoms with Gasteiger partial charge in [-0.1, -0.05) is 26.7 Å². The molecule has 25 heavy (non-hydrogen) atoms. The average molecular weight is 347 g/mol. The Morgan fingerprint density at radius 1 is 1.08 bits per heavy atom. The SMILES string of the molecule is Cc1nnc(CN=C(NC2CCCC2)NC2CCC(C)(C)CC2)n1C. The van der Waals surface area contributed by atoms with Crippen LogP contribution >= 0.6 is 0 Å². The smallest absolute Gasteiger partial charge is 0.192 e. The topological polar surface area (TPSA) is 67.1 Å². The van der Waals surface area contributed by atoms with Crippen LogP contribution in [0.25, 0.3) is 0 Å². The van der Waals surface area contributed by atoms with E-state index in [0.29, 0.717) is 24.0 Å². The van der Waals surface area contributed by atoms with Crippen molar-refractivity contribution in [2.45, 2.75) is 90.8 Å². The van der Waals surface area contributed by atoms with Crippen LogP contribution in [-0.4, -0.2) is 32.8 Å². The predicted molar refractivity (Wildman–Crippen MR) is 101 cm³/mol. The van der Waals surface area contributed by atoms with Crippen LogP contribution < -0.4 is 10.6 Å². The Morgan fingerprint density at radius 3 is 2.24 bits per heavy atom. The van der Waals surface area contributed by atoms with Gasteiger partial charge in [0.15, 0.2) is 11.8 Å². The van der Waals surface area contributed by atoms with E-state index in [4.69, 9.17) is 4.99 Å². The van der Waals surface area contributed by atoms with Gasteiger partial charge >= 0.3 is 0 Å². The lowest BCUT2D eigenvalue weighted by atomic mass is 9.75. The zero-order chi connectivity index (χ0) is 17.9. The van der Waals surface area contributed by atoms with E-state index in [0.717, 1.165) is 17.6 Å². The monoisotopic (exact) mass is 346 g/mol. The number of aliphatic imine (C=N–C) groups is 1. The zero-order valence-electron chi connectivity index (χ0n) is 16.3. The second kappa shape index (κ2) is 7.75. The van der Waals surface area contributed by atoms with Crippen molar-refractivity contribution in [1.82, 2.24) is 25.4 Å². The minimum absolute atomic E-state index is 0.491. The van der Waals surface area contributed by atoms with E-state index in [1.54, 1.807) is 0 Å². The number of aromatic nitrogens is 3. The van der Waals surface area contributed by atoms with Crippen molar-refractivity contribution in [1.29, 1.82) is 0 Å². The first kappa shape index (κ1) is 18.2. The van der Waals surface area contributed by atoms with E-state index in [1.807, 2.05) is 18.5 Å². The fraction of sp³-hybridized carbons (Fsp3) is 0.842. The minimum atomic E-state index is 0.491. The Morgan fingerprint density at radius 2 is 1.68 bits per heavy atom. The molecule has 1 heterocycles. The van der Waals surface area contributed by atoms with E-state index in [9.17, 15) is 0 Å². The highest BCUT2D eigenvalue weighted by molar-refractivity contribution is 5.80. The first-order valence-corrected chi connectivity index (χ1v) is 9.85. The van der Waals surface area contributed by atoms with Crippen LogP contribution in [0.15, 0.2) is 4.99 Å². The fourth-order valence-electron chi connectivity index (χ4n) is 3.87. The van der Waals surface area contributed by atoms with Crippen molar-refractivity contribution < 1.29 is 0 Å². The number of hydrogen-bond donors (Lipinski definition) is 2. The number of nitrogens with one attached hydrogen (secondary N) is 2. The maximum absolute atomic E-state index is 4.83. The van der Waals surface area contributed by atoms with E-state index >= 15 is 0 Å². The van der Waals surface area contributed by atoms with Crippen molar-refractivity contribution in [3.8, 4) is 0 Å². The van der Waals surface area contributed by atoms with Crippen molar-refractivity contribution in [2.24, 2.45) is 17.5 Å². The Hall–Kier alpha value is -1.59. The van der Waals surface area contributed by atoms with Crippen LogP contribution in [0.5, 0.6) is 0 Å². The van der Waals surface area contributed by atoms with Gasteiger partial charge in [-0.25, -0.2) is 4.99 Å². The summed E-state index contributed by atoms with van der Waals surface area (Å²) in [6.07, 6.45) is 10.2. The Labute approximate surface area is 151 Å². The zero-order valence-corrected chi connectivity index (χ0v) is 16.3. The molecular formula is C19H34N6. The normalized spacial score (nSPS) is 22.3. The summed E-state index contributed by atoms with van der Waals surface area (Å²) in [5.41, 5.74) is 0.491. The van der Waals surface area contributed by atoms with Crippen LogP contribution in [0.3, 0.4) is 0 Å².